The number of benzene rings is 1. The van der Waals surface area contributed by atoms with Crippen LogP contribution in [0.5, 0.6) is 0 Å². The maximum atomic E-state index is 12.0. The standard InChI is InChI=1S/C14H12Cl2N2O/c1-8-14-12(3-2-4-13(14)19)18(17-8)11-6-9(15)5-10(16)7-11/h5-7H,2-4H2,1H3. The van der Waals surface area contributed by atoms with Crippen LogP contribution in [-0.2, 0) is 6.42 Å². The molecule has 0 N–H and O–H groups in total. The SMILES string of the molecule is Cc1nn(-c2cc(Cl)cc(Cl)c2)c2c1C(=O)CCC2. The quantitative estimate of drug-likeness (QED) is 0.796. The predicted octanol–water partition coefficient (Wildman–Crippen LogP) is 4.01. The van der Waals surface area contributed by atoms with Gasteiger partial charge in [0.25, 0.3) is 0 Å². The number of carbonyl (C=O) groups excluding carboxylic acids is 1. The molecule has 0 aliphatic heterocycles. The van der Waals surface area contributed by atoms with Crippen LogP contribution in [0.1, 0.15) is 34.6 Å². The second-order valence-corrected chi connectivity index (χ2v) is 5.60. The van der Waals surface area contributed by atoms with Crippen LogP contribution in [0.4, 0.5) is 0 Å². The Morgan fingerprint density at radius 3 is 2.53 bits per heavy atom. The average Bonchev–Trinajstić information content (AvgIpc) is 2.67. The summed E-state index contributed by atoms with van der Waals surface area (Å²) in [4.78, 5) is 12.0. The van der Waals surface area contributed by atoms with E-state index in [1.54, 1.807) is 22.9 Å². The zero-order valence-electron chi connectivity index (χ0n) is 10.4. The van der Waals surface area contributed by atoms with E-state index in [1.807, 2.05) is 6.92 Å². The van der Waals surface area contributed by atoms with Crippen LogP contribution >= 0.6 is 23.2 Å². The number of Topliss-reactive ketones (excluding diaryl/α,β-unsaturated/α-hetero) is 1. The minimum atomic E-state index is 0.179. The van der Waals surface area contributed by atoms with Crippen molar-refractivity contribution in [3.63, 3.8) is 0 Å². The number of halogens is 2. The average molecular weight is 295 g/mol. The molecule has 0 amide bonds. The molecule has 1 aromatic heterocycles. The van der Waals surface area contributed by atoms with E-state index in [0.717, 1.165) is 35.5 Å². The van der Waals surface area contributed by atoms with Crippen LogP contribution in [-0.4, -0.2) is 15.6 Å². The highest BCUT2D eigenvalue weighted by Gasteiger charge is 2.25. The van der Waals surface area contributed by atoms with Crippen molar-refractivity contribution in [1.29, 1.82) is 0 Å². The Morgan fingerprint density at radius 1 is 1.16 bits per heavy atom. The summed E-state index contributed by atoms with van der Waals surface area (Å²) in [6.45, 7) is 1.87. The molecule has 0 saturated heterocycles. The highest BCUT2D eigenvalue weighted by atomic mass is 35.5. The summed E-state index contributed by atoms with van der Waals surface area (Å²) in [7, 11) is 0. The molecule has 19 heavy (non-hydrogen) atoms. The number of aromatic nitrogens is 2. The van der Waals surface area contributed by atoms with Gasteiger partial charge in [0.2, 0.25) is 0 Å². The number of aryl methyl sites for hydroxylation is 1. The van der Waals surface area contributed by atoms with Gasteiger partial charge < -0.3 is 0 Å². The van der Waals surface area contributed by atoms with E-state index < -0.39 is 0 Å². The van der Waals surface area contributed by atoms with Gasteiger partial charge in [-0.1, -0.05) is 23.2 Å². The third-order valence-electron chi connectivity index (χ3n) is 3.34. The van der Waals surface area contributed by atoms with Gasteiger partial charge in [0.1, 0.15) is 0 Å². The maximum Gasteiger partial charge on any atom is 0.166 e. The van der Waals surface area contributed by atoms with Crippen molar-refractivity contribution in [1.82, 2.24) is 9.78 Å². The van der Waals surface area contributed by atoms with Gasteiger partial charge in [-0.2, -0.15) is 5.10 Å². The molecule has 98 valence electrons. The Kier molecular flexibility index (Phi) is 3.11. The molecule has 1 aromatic carbocycles. The summed E-state index contributed by atoms with van der Waals surface area (Å²) in [6, 6.07) is 5.29. The monoisotopic (exact) mass is 294 g/mol. The van der Waals surface area contributed by atoms with Crippen LogP contribution in [0, 0.1) is 6.92 Å². The molecule has 3 rings (SSSR count). The normalized spacial score (nSPS) is 14.6. The number of hydrogen-bond donors (Lipinski definition) is 0. The van der Waals surface area contributed by atoms with Gasteiger partial charge in [-0.15, -0.1) is 0 Å². The van der Waals surface area contributed by atoms with Crippen molar-refractivity contribution < 1.29 is 4.79 Å². The Hall–Kier alpha value is -1.32. The smallest absolute Gasteiger partial charge is 0.166 e. The molecule has 5 heteroatoms. The lowest BCUT2D eigenvalue weighted by molar-refractivity contribution is 0.0971. The number of fused-ring (bicyclic) bond motifs is 1. The molecular formula is C14H12Cl2N2O. The van der Waals surface area contributed by atoms with E-state index >= 15 is 0 Å². The van der Waals surface area contributed by atoms with E-state index in [-0.39, 0.29) is 5.78 Å². The fourth-order valence-corrected chi connectivity index (χ4v) is 3.10. The predicted molar refractivity (Wildman–Crippen MR) is 75.6 cm³/mol. The van der Waals surface area contributed by atoms with Crippen molar-refractivity contribution in [3.8, 4) is 5.69 Å². The number of ketones is 1. The van der Waals surface area contributed by atoms with Gasteiger partial charge >= 0.3 is 0 Å². The number of hydrogen-bond acceptors (Lipinski definition) is 2. The molecule has 2 aromatic rings. The Balaban J connectivity index is 2.21. The maximum absolute atomic E-state index is 12.0. The first-order valence-electron chi connectivity index (χ1n) is 6.14. The second-order valence-electron chi connectivity index (χ2n) is 4.72. The van der Waals surface area contributed by atoms with Crippen molar-refractivity contribution in [2.45, 2.75) is 26.2 Å². The van der Waals surface area contributed by atoms with Gasteiger partial charge in [-0.05, 0) is 38.0 Å². The topological polar surface area (TPSA) is 34.9 Å². The Labute approximate surface area is 121 Å². The summed E-state index contributed by atoms with van der Waals surface area (Å²) in [5.74, 6) is 0.179. The minimum absolute atomic E-state index is 0.179. The first-order chi connectivity index (χ1) is 9.06. The zero-order chi connectivity index (χ0) is 13.6. The lowest BCUT2D eigenvalue weighted by Crippen LogP contribution is -2.13. The molecule has 0 unspecified atom stereocenters. The van der Waals surface area contributed by atoms with Crippen LogP contribution in [0.3, 0.4) is 0 Å². The summed E-state index contributed by atoms with van der Waals surface area (Å²) in [5, 5.41) is 5.60. The molecule has 0 bridgehead atoms. The summed E-state index contributed by atoms with van der Waals surface area (Å²) in [6.07, 6.45) is 2.33. The van der Waals surface area contributed by atoms with Crippen molar-refractivity contribution in [3.05, 3.63) is 45.2 Å². The highest BCUT2D eigenvalue weighted by Crippen LogP contribution is 2.28. The Bertz CT molecular complexity index is 656. The third-order valence-corrected chi connectivity index (χ3v) is 3.78. The number of rotatable bonds is 1. The summed E-state index contributed by atoms with van der Waals surface area (Å²) >= 11 is 12.1. The van der Waals surface area contributed by atoms with Gasteiger partial charge in [0.05, 0.1) is 22.6 Å². The molecule has 0 atom stereocenters. The summed E-state index contributed by atoms with van der Waals surface area (Å²) < 4.78 is 1.79. The molecule has 0 spiro atoms. The first-order valence-corrected chi connectivity index (χ1v) is 6.90. The third kappa shape index (κ3) is 2.17. The first kappa shape index (κ1) is 12.7. The highest BCUT2D eigenvalue weighted by molar-refractivity contribution is 6.34. The van der Waals surface area contributed by atoms with Gasteiger partial charge in [0, 0.05) is 16.5 Å². The molecular weight excluding hydrogens is 283 g/mol. The molecule has 3 nitrogen and oxygen atoms in total. The van der Waals surface area contributed by atoms with E-state index in [1.165, 1.54) is 0 Å². The summed E-state index contributed by atoms with van der Waals surface area (Å²) in [5.41, 5.74) is 3.31. The van der Waals surface area contributed by atoms with Crippen LogP contribution in [0.25, 0.3) is 5.69 Å². The minimum Gasteiger partial charge on any atom is -0.294 e. The van der Waals surface area contributed by atoms with Gasteiger partial charge in [0.15, 0.2) is 5.78 Å². The van der Waals surface area contributed by atoms with E-state index in [2.05, 4.69) is 5.10 Å². The molecule has 0 saturated carbocycles. The van der Waals surface area contributed by atoms with Crippen molar-refractivity contribution in [2.24, 2.45) is 0 Å². The fourth-order valence-electron chi connectivity index (χ4n) is 2.59. The molecule has 1 aliphatic rings. The zero-order valence-corrected chi connectivity index (χ0v) is 11.9. The number of nitrogens with zero attached hydrogens (tertiary/aromatic N) is 2. The van der Waals surface area contributed by atoms with Crippen LogP contribution in [0.2, 0.25) is 10.0 Å². The van der Waals surface area contributed by atoms with Gasteiger partial charge in [-0.25, -0.2) is 4.68 Å². The second kappa shape index (κ2) is 4.66. The molecule has 0 fully saturated rings. The fraction of sp³-hybridized carbons (Fsp3) is 0.286. The van der Waals surface area contributed by atoms with E-state index in [0.29, 0.717) is 16.5 Å². The molecule has 1 heterocycles. The lowest BCUT2D eigenvalue weighted by atomic mass is 9.94. The van der Waals surface area contributed by atoms with E-state index in [9.17, 15) is 4.79 Å². The van der Waals surface area contributed by atoms with Crippen LogP contribution in [0.15, 0.2) is 18.2 Å². The van der Waals surface area contributed by atoms with Crippen molar-refractivity contribution >= 4 is 29.0 Å². The lowest BCUT2D eigenvalue weighted by Gasteiger charge is -2.13. The van der Waals surface area contributed by atoms with E-state index in [4.69, 9.17) is 23.2 Å². The van der Waals surface area contributed by atoms with Crippen molar-refractivity contribution in [2.75, 3.05) is 0 Å². The number of carbonyl (C=O) groups is 1. The van der Waals surface area contributed by atoms with Gasteiger partial charge in [-0.3, -0.25) is 4.79 Å². The Morgan fingerprint density at radius 2 is 1.84 bits per heavy atom. The van der Waals surface area contributed by atoms with Crippen LogP contribution < -0.4 is 0 Å². The molecule has 0 radical (unpaired) electrons. The largest absolute Gasteiger partial charge is 0.294 e. The molecule has 1 aliphatic carbocycles.